The second-order valence-corrected chi connectivity index (χ2v) is 8.86. The molecule has 2 aromatic heterocycles. The van der Waals surface area contributed by atoms with Crippen LogP contribution in [0, 0.1) is 6.92 Å². The van der Waals surface area contributed by atoms with Crippen molar-refractivity contribution in [3.63, 3.8) is 0 Å². The van der Waals surface area contributed by atoms with E-state index >= 15 is 0 Å². The van der Waals surface area contributed by atoms with Crippen LogP contribution in [-0.2, 0) is 9.53 Å². The largest absolute Gasteiger partial charge is 0.462 e. The van der Waals surface area contributed by atoms with Gasteiger partial charge in [-0.3, -0.25) is 14.2 Å². The Hall–Kier alpha value is -2.65. The van der Waals surface area contributed by atoms with E-state index in [1.807, 2.05) is 26.0 Å². The number of aryl methyl sites for hydroxylation is 1. The van der Waals surface area contributed by atoms with E-state index in [-0.39, 0.29) is 23.3 Å². The fraction of sp³-hybridized carbons (Fsp3) is 0.333. The molecule has 0 saturated carbocycles. The number of thioether (sulfide) groups is 1. The molecule has 30 heavy (non-hydrogen) atoms. The molecule has 7 nitrogen and oxygen atoms in total. The van der Waals surface area contributed by atoms with Crippen LogP contribution in [0.15, 0.2) is 40.3 Å². The number of carbonyl (C=O) groups is 2. The maximum Gasteiger partial charge on any atom is 0.348 e. The van der Waals surface area contributed by atoms with Gasteiger partial charge < -0.3 is 10.1 Å². The SMILES string of the molecule is CCOC(=O)c1sc(NC(=O)CSc2nc3ccccc3c(=O)n2C(C)C)cc1C. The summed E-state index contributed by atoms with van der Waals surface area (Å²) in [5.74, 6) is -0.547. The van der Waals surface area contributed by atoms with Gasteiger partial charge in [0.25, 0.3) is 5.56 Å². The quantitative estimate of drug-likeness (QED) is 0.332. The zero-order chi connectivity index (χ0) is 21.8. The number of anilines is 1. The topological polar surface area (TPSA) is 90.3 Å². The molecule has 0 aliphatic heterocycles. The van der Waals surface area contributed by atoms with E-state index in [1.54, 1.807) is 36.6 Å². The summed E-state index contributed by atoms with van der Waals surface area (Å²) in [6, 6.07) is 8.84. The fourth-order valence-electron chi connectivity index (χ4n) is 2.93. The van der Waals surface area contributed by atoms with E-state index in [1.165, 1.54) is 23.1 Å². The molecule has 0 spiro atoms. The molecule has 0 bridgehead atoms. The van der Waals surface area contributed by atoms with Crippen LogP contribution in [0.3, 0.4) is 0 Å². The van der Waals surface area contributed by atoms with Gasteiger partial charge in [0, 0.05) is 6.04 Å². The number of rotatable bonds is 7. The molecule has 3 aromatic rings. The number of fused-ring (bicyclic) bond motifs is 1. The molecule has 158 valence electrons. The summed E-state index contributed by atoms with van der Waals surface area (Å²) in [7, 11) is 0. The van der Waals surface area contributed by atoms with Crippen molar-refractivity contribution in [2.75, 3.05) is 17.7 Å². The van der Waals surface area contributed by atoms with Crippen molar-refractivity contribution in [3.05, 3.63) is 51.1 Å². The summed E-state index contributed by atoms with van der Waals surface area (Å²) in [5.41, 5.74) is 1.24. The van der Waals surface area contributed by atoms with Gasteiger partial charge in [-0.2, -0.15) is 0 Å². The third-order valence-electron chi connectivity index (χ3n) is 4.27. The van der Waals surface area contributed by atoms with Crippen LogP contribution in [0.2, 0.25) is 0 Å². The minimum Gasteiger partial charge on any atom is -0.462 e. The fourth-order valence-corrected chi connectivity index (χ4v) is 4.84. The van der Waals surface area contributed by atoms with Crippen molar-refractivity contribution < 1.29 is 14.3 Å². The summed E-state index contributed by atoms with van der Waals surface area (Å²) in [6.45, 7) is 7.66. The standard InChI is InChI=1S/C21H23N3O4S2/c1-5-28-20(27)18-13(4)10-17(30-18)23-16(25)11-29-21-22-15-9-7-6-8-14(15)19(26)24(21)12(2)3/h6-10,12H,5,11H2,1-4H3,(H,23,25). The number of nitrogens with one attached hydrogen (secondary N) is 1. The van der Waals surface area contributed by atoms with E-state index in [4.69, 9.17) is 4.74 Å². The minimum absolute atomic E-state index is 0.0865. The van der Waals surface area contributed by atoms with E-state index in [9.17, 15) is 14.4 Å². The Morgan fingerprint density at radius 1 is 1.30 bits per heavy atom. The molecule has 3 rings (SSSR count). The number of hydrogen-bond acceptors (Lipinski definition) is 7. The lowest BCUT2D eigenvalue weighted by atomic mass is 10.2. The number of nitrogens with zero attached hydrogens (tertiary/aromatic N) is 2. The van der Waals surface area contributed by atoms with Gasteiger partial charge in [-0.25, -0.2) is 9.78 Å². The molecule has 1 amide bonds. The Kier molecular flexibility index (Phi) is 6.94. The Morgan fingerprint density at radius 3 is 2.73 bits per heavy atom. The molecule has 9 heteroatoms. The second kappa shape index (κ2) is 9.44. The van der Waals surface area contributed by atoms with E-state index < -0.39 is 5.97 Å². The number of benzene rings is 1. The highest BCUT2D eigenvalue weighted by molar-refractivity contribution is 7.99. The van der Waals surface area contributed by atoms with E-state index in [2.05, 4.69) is 10.3 Å². The number of amides is 1. The molecule has 0 fully saturated rings. The molecule has 0 saturated heterocycles. The second-order valence-electron chi connectivity index (χ2n) is 6.86. The van der Waals surface area contributed by atoms with Crippen LogP contribution >= 0.6 is 23.1 Å². The van der Waals surface area contributed by atoms with Crippen molar-refractivity contribution in [1.82, 2.24) is 9.55 Å². The van der Waals surface area contributed by atoms with Gasteiger partial charge in [0.1, 0.15) is 4.88 Å². The van der Waals surface area contributed by atoms with Crippen LogP contribution in [0.25, 0.3) is 10.9 Å². The van der Waals surface area contributed by atoms with Crippen LogP contribution < -0.4 is 10.9 Å². The van der Waals surface area contributed by atoms with Crippen molar-refractivity contribution in [2.24, 2.45) is 0 Å². The monoisotopic (exact) mass is 445 g/mol. The summed E-state index contributed by atoms with van der Waals surface area (Å²) >= 11 is 2.39. The molecule has 0 aliphatic carbocycles. The average Bonchev–Trinajstić information content (AvgIpc) is 3.06. The predicted molar refractivity (Wildman–Crippen MR) is 121 cm³/mol. The summed E-state index contributed by atoms with van der Waals surface area (Å²) in [6.07, 6.45) is 0. The molecule has 0 aliphatic rings. The number of esters is 1. The van der Waals surface area contributed by atoms with Crippen molar-refractivity contribution >= 4 is 50.9 Å². The molecule has 1 aromatic carbocycles. The highest BCUT2D eigenvalue weighted by Crippen LogP contribution is 2.28. The predicted octanol–water partition coefficient (Wildman–Crippen LogP) is 4.25. The Bertz CT molecular complexity index is 1150. The molecule has 2 heterocycles. The van der Waals surface area contributed by atoms with E-state index in [0.717, 1.165) is 5.56 Å². The van der Waals surface area contributed by atoms with Gasteiger partial charge in [0.05, 0.1) is 28.3 Å². The highest BCUT2D eigenvalue weighted by Gasteiger charge is 2.18. The molecule has 1 N–H and O–H groups in total. The first-order chi connectivity index (χ1) is 14.3. The molecule has 0 unspecified atom stereocenters. The number of thiophene rings is 1. The minimum atomic E-state index is -0.392. The molecule has 0 radical (unpaired) electrons. The zero-order valence-corrected chi connectivity index (χ0v) is 18.9. The highest BCUT2D eigenvalue weighted by atomic mass is 32.2. The van der Waals surface area contributed by atoms with Crippen LogP contribution in [0.1, 0.15) is 42.0 Å². The van der Waals surface area contributed by atoms with Crippen molar-refractivity contribution in [1.29, 1.82) is 0 Å². The van der Waals surface area contributed by atoms with Gasteiger partial charge >= 0.3 is 5.97 Å². The van der Waals surface area contributed by atoms with Crippen molar-refractivity contribution in [2.45, 2.75) is 38.9 Å². The number of aromatic nitrogens is 2. The van der Waals surface area contributed by atoms with Crippen molar-refractivity contribution in [3.8, 4) is 0 Å². The first-order valence-corrected chi connectivity index (χ1v) is 11.3. The van der Waals surface area contributed by atoms with Crippen LogP contribution in [-0.4, -0.2) is 33.8 Å². The van der Waals surface area contributed by atoms with Gasteiger partial charge in [0.15, 0.2) is 5.16 Å². The van der Waals surface area contributed by atoms with Gasteiger partial charge in [-0.05, 0) is 51.5 Å². The summed E-state index contributed by atoms with van der Waals surface area (Å²) in [5, 5.41) is 4.44. The summed E-state index contributed by atoms with van der Waals surface area (Å²) < 4.78 is 6.63. The van der Waals surface area contributed by atoms with Gasteiger partial charge in [0.2, 0.25) is 5.91 Å². The lowest BCUT2D eigenvalue weighted by molar-refractivity contribution is -0.113. The maximum atomic E-state index is 12.9. The third-order valence-corrected chi connectivity index (χ3v) is 6.35. The number of para-hydroxylation sites is 1. The normalized spacial score (nSPS) is 11.1. The summed E-state index contributed by atoms with van der Waals surface area (Å²) in [4.78, 5) is 42.3. The van der Waals surface area contributed by atoms with E-state index in [0.29, 0.717) is 32.5 Å². The number of hydrogen-bond donors (Lipinski definition) is 1. The van der Waals surface area contributed by atoms with Gasteiger partial charge in [-0.15, -0.1) is 11.3 Å². The Balaban J connectivity index is 1.76. The molecular formula is C21H23N3O4S2. The molecular weight excluding hydrogens is 422 g/mol. The third kappa shape index (κ3) is 4.73. The first kappa shape index (κ1) is 22.0. The Labute approximate surface area is 182 Å². The van der Waals surface area contributed by atoms with Gasteiger partial charge in [-0.1, -0.05) is 23.9 Å². The lowest BCUT2D eigenvalue weighted by Gasteiger charge is -2.15. The smallest absolute Gasteiger partial charge is 0.348 e. The lowest BCUT2D eigenvalue weighted by Crippen LogP contribution is -2.25. The Morgan fingerprint density at radius 2 is 2.03 bits per heavy atom. The maximum absolute atomic E-state index is 12.9. The number of carbonyl (C=O) groups excluding carboxylic acids is 2. The zero-order valence-electron chi connectivity index (χ0n) is 17.2. The average molecular weight is 446 g/mol. The van der Waals surface area contributed by atoms with Crippen LogP contribution in [0.4, 0.5) is 5.00 Å². The number of ether oxygens (including phenoxy) is 1. The van der Waals surface area contributed by atoms with Crippen LogP contribution in [0.5, 0.6) is 0 Å². The first-order valence-electron chi connectivity index (χ1n) is 9.53. The molecule has 0 atom stereocenters.